The van der Waals surface area contributed by atoms with Crippen LogP contribution < -0.4 is 4.90 Å². The number of hydrogen-bond donors (Lipinski definition) is 0. The predicted octanol–water partition coefficient (Wildman–Crippen LogP) is 20.1. The van der Waals surface area contributed by atoms with Crippen molar-refractivity contribution in [2.45, 2.75) is 0 Å². The first-order valence-electron chi connectivity index (χ1n) is 25.0. The lowest BCUT2D eigenvalue weighted by molar-refractivity contribution is 1.18. The molecule has 342 valence electrons. The average Bonchev–Trinajstić information content (AvgIpc) is 4.03. The molecule has 0 amide bonds. The summed E-state index contributed by atoms with van der Waals surface area (Å²) in [5.74, 6) is 0. The summed E-state index contributed by atoms with van der Waals surface area (Å²) in [6, 6.07) is 102. The van der Waals surface area contributed by atoms with Crippen LogP contribution in [0, 0.1) is 0 Å². The number of benzene rings is 12. The van der Waals surface area contributed by atoms with Crippen molar-refractivity contribution in [2.75, 3.05) is 4.90 Å². The van der Waals surface area contributed by atoms with Crippen molar-refractivity contribution in [3.8, 4) is 61.3 Å². The summed E-state index contributed by atoms with van der Waals surface area (Å²) < 4.78 is 5.01. The number of hydrogen-bond acceptors (Lipinski definition) is 2. The molecule has 14 aromatic rings. The zero-order chi connectivity index (χ0) is 48.2. The molecule has 14 rings (SSSR count). The van der Waals surface area contributed by atoms with E-state index in [0.29, 0.717) is 0 Å². The van der Waals surface area contributed by atoms with E-state index in [1.807, 2.05) is 11.3 Å². The van der Waals surface area contributed by atoms with Crippen LogP contribution in [0.3, 0.4) is 0 Å². The van der Waals surface area contributed by atoms with Gasteiger partial charge in [-0.15, -0.1) is 11.3 Å². The van der Waals surface area contributed by atoms with Crippen LogP contribution in [0.2, 0.25) is 0 Å². The molecule has 12 aromatic carbocycles. The SMILES string of the molecule is c1ccc(-n2c3ccccc3c3cc(-c4ccc(N(c5ccc(-c6ccc(-c7cccc(-c8ccc9ccccc9c8)c7)cc6)cc5)c5ccc(-c6cccc7c6sc6ccccc67)cc5)cc4)ccc32)cc1. The number of rotatable bonds is 9. The molecular formula is C70H46N2S. The molecule has 0 spiro atoms. The van der Waals surface area contributed by atoms with Crippen LogP contribution in [0.15, 0.2) is 279 Å². The molecule has 3 heteroatoms. The molecular weight excluding hydrogens is 901 g/mol. The van der Waals surface area contributed by atoms with Gasteiger partial charge in [0.05, 0.1) is 11.0 Å². The normalized spacial score (nSPS) is 11.6. The minimum Gasteiger partial charge on any atom is -0.311 e. The minimum absolute atomic E-state index is 1.09. The fourth-order valence-corrected chi connectivity index (χ4v) is 12.2. The quantitative estimate of drug-likeness (QED) is 0.140. The van der Waals surface area contributed by atoms with Crippen LogP contribution >= 0.6 is 11.3 Å². The summed E-state index contributed by atoms with van der Waals surface area (Å²) in [6.07, 6.45) is 0. The monoisotopic (exact) mass is 946 g/mol. The summed E-state index contributed by atoms with van der Waals surface area (Å²) in [7, 11) is 0. The zero-order valence-corrected chi connectivity index (χ0v) is 40.7. The second-order valence-corrected chi connectivity index (χ2v) is 19.9. The molecule has 2 heterocycles. The molecule has 0 saturated heterocycles. The summed E-state index contributed by atoms with van der Waals surface area (Å²) in [5.41, 5.74) is 18.9. The fourth-order valence-electron chi connectivity index (χ4n) is 10.9. The third kappa shape index (κ3) is 7.66. The fraction of sp³-hybridized carbons (Fsp3) is 0. The van der Waals surface area contributed by atoms with Gasteiger partial charge in [-0.2, -0.15) is 0 Å². The van der Waals surface area contributed by atoms with Crippen molar-refractivity contribution in [1.29, 1.82) is 0 Å². The maximum absolute atomic E-state index is 2.37. The van der Waals surface area contributed by atoms with Crippen LogP contribution in [0.25, 0.3) is 114 Å². The van der Waals surface area contributed by atoms with E-state index in [4.69, 9.17) is 0 Å². The van der Waals surface area contributed by atoms with Crippen molar-refractivity contribution in [2.24, 2.45) is 0 Å². The zero-order valence-electron chi connectivity index (χ0n) is 39.9. The highest BCUT2D eigenvalue weighted by Gasteiger charge is 2.17. The molecule has 0 fully saturated rings. The Morgan fingerprint density at radius 3 is 1.47 bits per heavy atom. The predicted molar refractivity (Wildman–Crippen MR) is 313 cm³/mol. The third-order valence-corrected chi connectivity index (χ3v) is 15.8. The van der Waals surface area contributed by atoms with Gasteiger partial charge in [0.1, 0.15) is 0 Å². The molecule has 0 aliphatic heterocycles. The Labute approximate surface area is 428 Å². The Morgan fingerprint density at radius 2 is 0.753 bits per heavy atom. The molecule has 0 aliphatic rings. The molecule has 0 saturated carbocycles. The maximum atomic E-state index is 2.37. The van der Waals surface area contributed by atoms with Crippen molar-refractivity contribution < 1.29 is 0 Å². The molecule has 0 bridgehead atoms. The lowest BCUT2D eigenvalue weighted by atomic mass is 9.96. The summed E-state index contributed by atoms with van der Waals surface area (Å²) in [6.45, 7) is 0. The van der Waals surface area contributed by atoms with E-state index in [1.54, 1.807) is 0 Å². The number of para-hydroxylation sites is 2. The lowest BCUT2D eigenvalue weighted by Gasteiger charge is -2.26. The molecule has 2 aromatic heterocycles. The summed E-state index contributed by atoms with van der Waals surface area (Å²) in [5, 5.41) is 7.64. The molecule has 73 heavy (non-hydrogen) atoms. The van der Waals surface area contributed by atoms with Gasteiger partial charge in [-0.05, 0) is 151 Å². The van der Waals surface area contributed by atoms with Gasteiger partial charge in [-0.25, -0.2) is 0 Å². The first kappa shape index (κ1) is 42.6. The number of aromatic nitrogens is 1. The lowest BCUT2D eigenvalue weighted by Crippen LogP contribution is -2.09. The van der Waals surface area contributed by atoms with Gasteiger partial charge in [-0.1, -0.05) is 194 Å². The van der Waals surface area contributed by atoms with Crippen LogP contribution in [-0.2, 0) is 0 Å². The Morgan fingerprint density at radius 1 is 0.274 bits per heavy atom. The van der Waals surface area contributed by atoms with Gasteiger partial charge in [0, 0.05) is 53.7 Å². The van der Waals surface area contributed by atoms with E-state index in [2.05, 4.69) is 289 Å². The second kappa shape index (κ2) is 17.8. The number of thiophene rings is 1. The van der Waals surface area contributed by atoms with E-state index < -0.39 is 0 Å². The second-order valence-electron chi connectivity index (χ2n) is 18.9. The number of fused-ring (bicyclic) bond motifs is 7. The maximum Gasteiger partial charge on any atom is 0.0541 e. The third-order valence-electron chi connectivity index (χ3n) is 14.6. The van der Waals surface area contributed by atoms with E-state index in [9.17, 15) is 0 Å². The van der Waals surface area contributed by atoms with Gasteiger partial charge < -0.3 is 9.47 Å². The van der Waals surface area contributed by atoms with Gasteiger partial charge in [-0.3, -0.25) is 0 Å². The van der Waals surface area contributed by atoms with Crippen LogP contribution in [0.5, 0.6) is 0 Å². The van der Waals surface area contributed by atoms with E-state index in [-0.39, 0.29) is 0 Å². The van der Waals surface area contributed by atoms with Crippen molar-refractivity contribution in [3.63, 3.8) is 0 Å². The highest BCUT2D eigenvalue weighted by molar-refractivity contribution is 7.26. The van der Waals surface area contributed by atoms with Gasteiger partial charge >= 0.3 is 0 Å². The van der Waals surface area contributed by atoms with Crippen LogP contribution in [0.4, 0.5) is 17.1 Å². The van der Waals surface area contributed by atoms with Crippen LogP contribution in [-0.4, -0.2) is 4.57 Å². The molecule has 0 aliphatic carbocycles. The van der Waals surface area contributed by atoms with Crippen molar-refractivity contribution in [1.82, 2.24) is 4.57 Å². The van der Waals surface area contributed by atoms with Crippen molar-refractivity contribution >= 4 is 81.1 Å². The Bertz CT molecular complexity index is 4340. The van der Waals surface area contributed by atoms with E-state index in [0.717, 1.165) is 22.7 Å². The molecule has 0 atom stereocenters. The van der Waals surface area contributed by atoms with Crippen LogP contribution in [0.1, 0.15) is 0 Å². The summed E-state index contributed by atoms with van der Waals surface area (Å²) in [4.78, 5) is 2.37. The average molecular weight is 947 g/mol. The van der Waals surface area contributed by atoms with Gasteiger partial charge in [0.2, 0.25) is 0 Å². The largest absolute Gasteiger partial charge is 0.311 e. The van der Waals surface area contributed by atoms with E-state index >= 15 is 0 Å². The van der Waals surface area contributed by atoms with Crippen molar-refractivity contribution in [3.05, 3.63) is 279 Å². The number of nitrogens with zero attached hydrogens (tertiary/aromatic N) is 2. The Hall–Kier alpha value is -9.28. The topological polar surface area (TPSA) is 8.17 Å². The first-order chi connectivity index (χ1) is 36.2. The smallest absolute Gasteiger partial charge is 0.0541 e. The minimum atomic E-state index is 1.09. The molecule has 0 unspecified atom stereocenters. The standard InChI is InChI=1S/C70H46N2S/c1-2-16-58(17-3-1)72-67-22-8-6-18-63(67)66-46-57(36-43-68(66)72)51-32-39-60(40-33-51)71(61-41-34-52(35-42-61)62-20-11-21-65-64-19-7-9-23-69(64)73-70(62)65)59-37-30-49(31-38-59)48-24-26-50(27-25-48)54-14-10-15-55(44-54)56-29-28-47-12-4-5-13-53(47)45-56/h1-46H. The summed E-state index contributed by atoms with van der Waals surface area (Å²) >= 11 is 1.87. The van der Waals surface area contributed by atoms with Gasteiger partial charge in [0.15, 0.2) is 0 Å². The first-order valence-corrected chi connectivity index (χ1v) is 25.8. The highest BCUT2D eigenvalue weighted by atomic mass is 32.1. The van der Waals surface area contributed by atoms with Gasteiger partial charge in [0.25, 0.3) is 0 Å². The Balaban J connectivity index is 0.798. The molecule has 2 nitrogen and oxygen atoms in total. The molecule has 0 N–H and O–H groups in total. The Kier molecular flexibility index (Phi) is 10.4. The molecule has 0 radical (unpaired) electrons. The van der Waals surface area contributed by atoms with E-state index in [1.165, 1.54) is 108 Å². The highest BCUT2D eigenvalue weighted by Crippen LogP contribution is 2.43. The number of anilines is 3.